The number of aromatic nitrogens is 1. The van der Waals surface area contributed by atoms with Crippen molar-refractivity contribution in [2.24, 2.45) is 0 Å². The minimum atomic E-state index is -2.40. The van der Waals surface area contributed by atoms with Gasteiger partial charge < -0.3 is 14.8 Å². The molecule has 24 heavy (non-hydrogen) atoms. The molecule has 3 nitrogen and oxygen atoms in total. The van der Waals surface area contributed by atoms with Crippen molar-refractivity contribution in [1.29, 1.82) is 0 Å². The summed E-state index contributed by atoms with van der Waals surface area (Å²) in [6.45, 7) is 6.00. The van der Waals surface area contributed by atoms with E-state index in [2.05, 4.69) is 40.8 Å². The number of hydrogen-bond donors (Lipinski definition) is 1. The van der Waals surface area contributed by atoms with Gasteiger partial charge in [-0.25, -0.2) is 0 Å². The van der Waals surface area contributed by atoms with Gasteiger partial charge in [-0.1, -0.05) is 11.8 Å². The molecule has 1 aliphatic rings. The number of nitrogens with one attached hydrogen (secondary N) is 1. The van der Waals surface area contributed by atoms with Crippen molar-refractivity contribution in [3.05, 3.63) is 47.8 Å². The van der Waals surface area contributed by atoms with Gasteiger partial charge in [0.2, 0.25) is 0 Å². The Balaban J connectivity index is 1.67. The predicted molar refractivity (Wildman–Crippen MR) is 98.8 cm³/mol. The highest BCUT2D eigenvalue weighted by molar-refractivity contribution is 7.99. The second kappa shape index (κ2) is 7.11. The molecule has 1 aliphatic heterocycles. The Labute approximate surface area is 150 Å². The molecule has 7 heteroatoms. The molecule has 0 fully saturated rings. The van der Waals surface area contributed by atoms with E-state index in [4.69, 9.17) is 12.2 Å². The summed E-state index contributed by atoms with van der Waals surface area (Å²) in [7, 11) is 0. The number of hydrogen-bond acceptors (Lipinski definition) is 2. The summed E-state index contributed by atoms with van der Waals surface area (Å²) in [5, 5.41) is 3.87. The highest BCUT2D eigenvalue weighted by Crippen LogP contribution is 2.29. The lowest BCUT2D eigenvalue weighted by molar-refractivity contribution is 0.252. The van der Waals surface area contributed by atoms with Gasteiger partial charge >= 0.3 is 0 Å². The topological polar surface area (TPSA) is 20.2 Å². The van der Waals surface area contributed by atoms with E-state index in [1.807, 2.05) is 0 Å². The third kappa shape index (κ3) is 3.57. The van der Waals surface area contributed by atoms with Crippen LogP contribution in [0.3, 0.4) is 0 Å². The summed E-state index contributed by atoms with van der Waals surface area (Å²) in [6, 6.07) is 11.4. The van der Waals surface area contributed by atoms with Gasteiger partial charge in [-0.05, 0) is 62.5 Å². The first-order chi connectivity index (χ1) is 11.5. The van der Waals surface area contributed by atoms with E-state index in [-0.39, 0.29) is 6.04 Å². The van der Waals surface area contributed by atoms with Gasteiger partial charge in [0, 0.05) is 35.1 Å². The van der Waals surface area contributed by atoms with Crippen molar-refractivity contribution < 1.29 is 8.78 Å². The zero-order chi connectivity index (χ0) is 17.3. The van der Waals surface area contributed by atoms with E-state index in [1.54, 1.807) is 24.3 Å². The Morgan fingerprint density at radius 1 is 1.21 bits per heavy atom. The van der Waals surface area contributed by atoms with Gasteiger partial charge in [0.15, 0.2) is 5.11 Å². The minimum Gasteiger partial charge on any atom is -0.345 e. The molecule has 0 spiro atoms. The SMILES string of the molecule is Cc1ccc2n1CCN(C(=S)Nc1ccc(SC(F)F)cc1)[C@H]2C. The lowest BCUT2D eigenvalue weighted by Crippen LogP contribution is -2.43. The number of fused-ring (bicyclic) bond motifs is 1. The average Bonchev–Trinajstić information content (AvgIpc) is 2.91. The highest BCUT2D eigenvalue weighted by Gasteiger charge is 2.26. The van der Waals surface area contributed by atoms with Crippen LogP contribution >= 0.6 is 24.0 Å². The van der Waals surface area contributed by atoms with Crippen LogP contribution < -0.4 is 5.32 Å². The normalized spacial score (nSPS) is 17.0. The van der Waals surface area contributed by atoms with E-state index < -0.39 is 5.76 Å². The smallest absolute Gasteiger partial charge is 0.288 e. The van der Waals surface area contributed by atoms with E-state index in [0.29, 0.717) is 21.8 Å². The summed E-state index contributed by atoms with van der Waals surface area (Å²) in [4.78, 5) is 2.70. The van der Waals surface area contributed by atoms with Crippen molar-refractivity contribution in [3.63, 3.8) is 0 Å². The van der Waals surface area contributed by atoms with Crippen LogP contribution in [-0.2, 0) is 6.54 Å². The first kappa shape index (κ1) is 17.2. The average molecular weight is 367 g/mol. The Bertz CT molecular complexity index is 728. The summed E-state index contributed by atoms with van der Waals surface area (Å²) in [5.74, 6) is -2.40. The van der Waals surface area contributed by atoms with E-state index >= 15 is 0 Å². The Morgan fingerprint density at radius 2 is 1.92 bits per heavy atom. The maximum absolute atomic E-state index is 12.4. The van der Waals surface area contributed by atoms with Crippen molar-refractivity contribution in [1.82, 2.24) is 9.47 Å². The molecule has 0 unspecified atom stereocenters. The molecule has 1 aromatic carbocycles. The number of thioether (sulfide) groups is 1. The van der Waals surface area contributed by atoms with Crippen LogP contribution in [0.5, 0.6) is 0 Å². The molecule has 0 bridgehead atoms. The van der Waals surface area contributed by atoms with Crippen LogP contribution in [-0.4, -0.2) is 26.9 Å². The summed E-state index contributed by atoms with van der Waals surface area (Å²) < 4.78 is 27.0. The predicted octanol–water partition coefficient (Wildman–Crippen LogP) is 4.88. The first-order valence-electron chi connectivity index (χ1n) is 7.74. The number of alkyl halides is 2. The van der Waals surface area contributed by atoms with E-state index in [9.17, 15) is 8.78 Å². The molecule has 128 valence electrons. The van der Waals surface area contributed by atoms with Gasteiger partial charge in [-0.15, -0.1) is 0 Å². The zero-order valence-electron chi connectivity index (χ0n) is 13.5. The fourth-order valence-corrected chi connectivity index (χ4v) is 3.88. The minimum absolute atomic E-state index is 0.195. The monoisotopic (exact) mass is 367 g/mol. The van der Waals surface area contributed by atoms with Gasteiger partial charge in [0.25, 0.3) is 5.76 Å². The number of thiocarbonyl (C=S) groups is 1. The maximum atomic E-state index is 12.4. The second-order valence-electron chi connectivity index (χ2n) is 5.75. The van der Waals surface area contributed by atoms with Crippen molar-refractivity contribution in [3.8, 4) is 0 Å². The molecule has 1 aromatic heterocycles. The zero-order valence-corrected chi connectivity index (χ0v) is 15.1. The number of rotatable bonds is 3. The van der Waals surface area contributed by atoms with Gasteiger partial charge in [-0.2, -0.15) is 8.78 Å². The fraction of sp³-hybridized carbons (Fsp3) is 0.353. The molecule has 2 aromatic rings. The standard InChI is InChI=1S/C17H19F2N3S2/c1-11-3-8-15-12(2)22(10-9-21(11)15)17(23)20-13-4-6-14(7-5-13)24-16(18)19/h3-8,12,16H,9-10H2,1-2H3,(H,20,23)/t12-/m0/s1. The van der Waals surface area contributed by atoms with Crippen LogP contribution in [0, 0.1) is 6.92 Å². The number of nitrogens with zero attached hydrogens (tertiary/aromatic N) is 2. The summed E-state index contributed by atoms with van der Waals surface area (Å²) in [6.07, 6.45) is 0. The van der Waals surface area contributed by atoms with Crippen molar-refractivity contribution in [2.45, 2.75) is 37.1 Å². The molecule has 0 radical (unpaired) electrons. The first-order valence-corrected chi connectivity index (χ1v) is 9.03. The molecule has 0 saturated carbocycles. The molecular formula is C17H19F2N3S2. The second-order valence-corrected chi connectivity index (χ2v) is 7.20. The highest BCUT2D eigenvalue weighted by atomic mass is 32.2. The van der Waals surface area contributed by atoms with Crippen molar-refractivity contribution in [2.75, 3.05) is 11.9 Å². The van der Waals surface area contributed by atoms with E-state index in [0.717, 1.165) is 18.8 Å². The fourth-order valence-electron chi connectivity index (χ4n) is 3.01. The quantitative estimate of drug-likeness (QED) is 0.616. The molecule has 0 aliphatic carbocycles. The Morgan fingerprint density at radius 3 is 2.58 bits per heavy atom. The third-order valence-corrected chi connectivity index (χ3v) is 5.34. The lowest BCUT2D eigenvalue weighted by atomic mass is 10.1. The molecule has 1 N–H and O–H groups in total. The Kier molecular flexibility index (Phi) is 5.10. The molecule has 0 saturated heterocycles. The number of benzene rings is 1. The lowest BCUT2D eigenvalue weighted by Gasteiger charge is -2.37. The van der Waals surface area contributed by atoms with E-state index in [1.165, 1.54) is 11.4 Å². The van der Waals surface area contributed by atoms with Gasteiger partial charge in [0.05, 0.1) is 6.04 Å². The number of aryl methyl sites for hydroxylation is 1. The third-order valence-electron chi connectivity index (χ3n) is 4.28. The van der Waals surface area contributed by atoms with Crippen molar-refractivity contribution >= 4 is 34.8 Å². The van der Waals surface area contributed by atoms with Gasteiger partial charge in [-0.3, -0.25) is 0 Å². The van der Waals surface area contributed by atoms with Crippen LogP contribution in [0.15, 0.2) is 41.3 Å². The largest absolute Gasteiger partial charge is 0.345 e. The molecule has 2 heterocycles. The maximum Gasteiger partial charge on any atom is 0.288 e. The Hall–Kier alpha value is -1.60. The number of anilines is 1. The molecular weight excluding hydrogens is 348 g/mol. The number of halogens is 2. The summed E-state index contributed by atoms with van der Waals surface area (Å²) >= 11 is 6.09. The molecule has 0 amide bonds. The summed E-state index contributed by atoms with van der Waals surface area (Å²) in [5.41, 5.74) is 3.33. The molecule has 1 atom stereocenters. The van der Waals surface area contributed by atoms with Gasteiger partial charge in [0.1, 0.15) is 0 Å². The van der Waals surface area contributed by atoms with Crippen LogP contribution in [0.25, 0.3) is 0 Å². The molecule has 3 rings (SSSR count). The van der Waals surface area contributed by atoms with Crippen LogP contribution in [0.4, 0.5) is 14.5 Å². The van der Waals surface area contributed by atoms with Crippen LogP contribution in [0.2, 0.25) is 0 Å². The van der Waals surface area contributed by atoms with Crippen LogP contribution in [0.1, 0.15) is 24.4 Å².